The van der Waals surface area contributed by atoms with Crippen molar-refractivity contribution in [3.8, 4) is 0 Å². The van der Waals surface area contributed by atoms with Crippen LogP contribution >= 0.6 is 0 Å². The number of rotatable bonds is 4. The molecule has 0 atom stereocenters. The molecule has 0 aromatic carbocycles. The van der Waals surface area contributed by atoms with Gasteiger partial charge in [-0.3, -0.25) is 9.59 Å². The van der Waals surface area contributed by atoms with Crippen LogP contribution < -0.4 is 0 Å². The predicted molar refractivity (Wildman–Crippen MR) is 63.4 cm³/mol. The summed E-state index contributed by atoms with van der Waals surface area (Å²) in [5.74, 6) is -0.551. The van der Waals surface area contributed by atoms with Gasteiger partial charge in [-0.2, -0.15) is 0 Å². The van der Waals surface area contributed by atoms with Gasteiger partial charge in [-0.25, -0.2) is 4.90 Å². The molecular weight excluding hydrogens is 202 g/mol. The lowest BCUT2D eigenvalue weighted by Gasteiger charge is -2.22. The van der Waals surface area contributed by atoms with Gasteiger partial charge in [-0.15, -0.1) is 0 Å². The molecule has 3 nitrogen and oxygen atoms in total. The van der Waals surface area contributed by atoms with Crippen molar-refractivity contribution < 1.29 is 9.59 Å². The normalized spacial score (nSPS) is 16.8. The van der Waals surface area contributed by atoms with Gasteiger partial charge in [0.25, 0.3) is 11.8 Å². The van der Waals surface area contributed by atoms with Gasteiger partial charge in [-0.1, -0.05) is 20.4 Å². The maximum absolute atomic E-state index is 11.6. The summed E-state index contributed by atoms with van der Waals surface area (Å²) in [5.41, 5.74) is 2.52. The first-order chi connectivity index (χ1) is 7.52. The number of allylic oxidation sites excluding steroid dienone is 2. The number of nitrogens with zero attached hydrogens (tertiary/aromatic N) is 1. The quantitative estimate of drug-likeness (QED) is 0.538. The fourth-order valence-electron chi connectivity index (χ4n) is 1.61. The Morgan fingerprint density at radius 3 is 2.06 bits per heavy atom. The molecule has 0 radical (unpaired) electrons. The van der Waals surface area contributed by atoms with Crippen LogP contribution in [0.4, 0.5) is 0 Å². The maximum Gasteiger partial charge on any atom is 0.258 e. The molecule has 1 rings (SSSR count). The zero-order valence-corrected chi connectivity index (χ0v) is 10.0. The van der Waals surface area contributed by atoms with Crippen molar-refractivity contribution in [1.82, 2.24) is 4.90 Å². The van der Waals surface area contributed by atoms with Crippen LogP contribution in [0.1, 0.15) is 33.6 Å². The molecule has 1 aliphatic rings. The highest BCUT2D eigenvalue weighted by Crippen LogP contribution is 2.25. The Morgan fingerprint density at radius 1 is 1.19 bits per heavy atom. The number of carbonyl (C=O) groups is 2. The minimum atomic E-state index is -0.276. The van der Waals surface area contributed by atoms with Crippen molar-refractivity contribution in [2.24, 2.45) is 0 Å². The van der Waals surface area contributed by atoms with Gasteiger partial charge in [0.1, 0.15) is 0 Å². The summed E-state index contributed by atoms with van der Waals surface area (Å²) in [5, 5.41) is 0. The van der Waals surface area contributed by atoms with E-state index in [0.717, 1.165) is 24.0 Å². The van der Waals surface area contributed by atoms with E-state index in [1.807, 2.05) is 20.8 Å². The van der Waals surface area contributed by atoms with E-state index in [0.29, 0.717) is 5.70 Å². The number of hydrogen-bond acceptors (Lipinski definition) is 2. The Bertz CT molecular complexity index is 384. The Kier molecular flexibility index (Phi) is 3.82. The average Bonchev–Trinajstić information content (AvgIpc) is 2.60. The lowest BCUT2D eigenvalue weighted by molar-refractivity contribution is -0.134. The van der Waals surface area contributed by atoms with Crippen molar-refractivity contribution in [2.75, 3.05) is 0 Å². The van der Waals surface area contributed by atoms with Gasteiger partial charge in [0, 0.05) is 12.2 Å². The molecule has 0 aromatic rings. The first-order valence-corrected chi connectivity index (χ1v) is 5.46. The molecule has 1 heterocycles. The van der Waals surface area contributed by atoms with Gasteiger partial charge >= 0.3 is 0 Å². The third-order valence-electron chi connectivity index (χ3n) is 2.73. The Labute approximate surface area is 96.1 Å². The molecule has 1 aliphatic heterocycles. The van der Waals surface area contributed by atoms with Crippen molar-refractivity contribution >= 4 is 11.8 Å². The smallest absolute Gasteiger partial charge is 0.258 e. The largest absolute Gasteiger partial charge is 0.269 e. The molecule has 3 heteroatoms. The number of hydrogen-bond donors (Lipinski definition) is 0. The van der Waals surface area contributed by atoms with Crippen molar-refractivity contribution in [3.63, 3.8) is 0 Å². The molecule has 0 unspecified atom stereocenters. The van der Waals surface area contributed by atoms with E-state index in [2.05, 4.69) is 6.58 Å². The van der Waals surface area contributed by atoms with Crippen molar-refractivity contribution in [2.45, 2.75) is 33.6 Å². The van der Waals surface area contributed by atoms with E-state index in [-0.39, 0.29) is 11.8 Å². The summed E-state index contributed by atoms with van der Waals surface area (Å²) < 4.78 is 0. The SMILES string of the molecule is C=C(CC)/C(=C(\C)CC)N1C(=O)C=CC1=O. The fraction of sp³-hybridized carbons (Fsp3) is 0.385. The molecule has 0 spiro atoms. The minimum absolute atomic E-state index is 0.276. The topological polar surface area (TPSA) is 37.4 Å². The van der Waals surface area contributed by atoms with Crippen LogP contribution in [0, 0.1) is 0 Å². The molecular formula is C13H17NO2. The molecule has 0 aromatic heterocycles. The molecule has 0 bridgehead atoms. The van der Waals surface area contributed by atoms with Gasteiger partial charge in [0.2, 0.25) is 0 Å². The summed E-state index contributed by atoms with van der Waals surface area (Å²) >= 11 is 0. The van der Waals surface area contributed by atoms with Crippen LogP contribution in [0.2, 0.25) is 0 Å². The highest BCUT2D eigenvalue weighted by molar-refractivity contribution is 6.14. The van der Waals surface area contributed by atoms with Gasteiger partial charge in [0.15, 0.2) is 0 Å². The lowest BCUT2D eigenvalue weighted by atomic mass is 10.0. The van der Waals surface area contributed by atoms with E-state index >= 15 is 0 Å². The second-order valence-corrected chi connectivity index (χ2v) is 3.78. The third-order valence-corrected chi connectivity index (χ3v) is 2.73. The first-order valence-electron chi connectivity index (χ1n) is 5.46. The van der Waals surface area contributed by atoms with Gasteiger partial charge < -0.3 is 0 Å². The van der Waals surface area contributed by atoms with E-state index in [1.165, 1.54) is 17.1 Å². The number of amides is 2. The van der Waals surface area contributed by atoms with Crippen LogP contribution in [0.3, 0.4) is 0 Å². The van der Waals surface area contributed by atoms with Crippen LogP contribution in [-0.2, 0) is 9.59 Å². The van der Waals surface area contributed by atoms with Crippen molar-refractivity contribution in [1.29, 1.82) is 0 Å². The minimum Gasteiger partial charge on any atom is -0.269 e. The zero-order chi connectivity index (χ0) is 12.3. The predicted octanol–water partition coefficient (Wildman–Crippen LogP) is 2.56. The monoisotopic (exact) mass is 219 g/mol. The molecule has 86 valence electrons. The van der Waals surface area contributed by atoms with Crippen LogP contribution in [0.25, 0.3) is 0 Å². The third kappa shape index (κ3) is 2.13. The number of carbonyl (C=O) groups excluding carboxylic acids is 2. The summed E-state index contributed by atoms with van der Waals surface area (Å²) in [6.45, 7) is 9.81. The Hall–Kier alpha value is -1.64. The first kappa shape index (κ1) is 12.4. The summed E-state index contributed by atoms with van der Waals surface area (Å²) in [4.78, 5) is 24.4. The van der Waals surface area contributed by atoms with E-state index < -0.39 is 0 Å². The molecule has 0 aliphatic carbocycles. The second-order valence-electron chi connectivity index (χ2n) is 3.78. The van der Waals surface area contributed by atoms with E-state index in [4.69, 9.17) is 0 Å². The molecule has 0 N–H and O–H groups in total. The Balaban J connectivity index is 3.19. The standard InChI is InChI=1S/C13H17NO2/c1-5-9(3)13(10(4)6-2)14-11(15)7-8-12(14)16/h7-8H,3,5-6H2,1-2,4H3/b13-10-. The van der Waals surface area contributed by atoms with Gasteiger partial charge in [-0.05, 0) is 30.9 Å². The van der Waals surface area contributed by atoms with Gasteiger partial charge in [0.05, 0.1) is 5.70 Å². The average molecular weight is 219 g/mol. The van der Waals surface area contributed by atoms with E-state index in [1.54, 1.807) is 0 Å². The molecule has 0 saturated carbocycles. The summed E-state index contributed by atoms with van der Waals surface area (Å²) in [6, 6.07) is 0. The number of imide groups is 1. The Morgan fingerprint density at radius 2 is 1.69 bits per heavy atom. The summed E-state index contributed by atoms with van der Waals surface area (Å²) in [6.07, 6.45) is 4.12. The van der Waals surface area contributed by atoms with Crippen LogP contribution in [-0.4, -0.2) is 16.7 Å². The zero-order valence-electron chi connectivity index (χ0n) is 10.0. The molecule has 2 amide bonds. The lowest BCUT2D eigenvalue weighted by Crippen LogP contribution is -2.30. The summed E-state index contributed by atoms with van der Waals surface area (Å²) in [7, 11) is 0. The van der Waals surface area contributed by atoms with Crippen LogP contribution in [0.15, 0.2) is 35.6 Å². The second kappa shape index (κ2) is 4.92. The highest BCUT2D eigenvalue weighted by atomic mass is 16.2. The van der Waals surface area contributed by atoms with E-state index in [9.17, 15) is 9.59 Å². The maximum atomic E-state index is 11.6. The fourth-order valence-corrected chi connectivity index (χ4v) is 1.61. The molecule has 16 heavy (non-hydrogen) atoms. The van der Waals surface area contributed by atoms with Crippen LogP contribution in [0.5, 0.6) is 0 Å². The molecule has 0 fully saturated rings. The highest BCUT2D eigenvalue weighted by Gasteiger charge is 2.28. The van der Waals surface area contributed by atoms with Crippen molar-refractivity contribution in [3.05, 3.63) is 35.6 Å². The molecule has 0 saturated heterocycles.